The van der Waals surface area contributed by atoms with Crippen LogP contribution in [0.2, 0.25) is 0 Å². The van der Waals surface area contributed by atoms with Crippen LogP contribution in [0.1, 0.15) is 22.6 Å². The largest absolute Gasteiger partial charge is 0.445 e. The lowest BCUT2D eigenvalue weighted by Crippen LogP contribution is -2.24. The van der Waals surface area contributed by atoms with E-state index in [1.165, 1.54) is 11.3 Å². The molecule has 1 heterocycles. The molecule has 0 bridgehead atoms. The highest BCUT2D eigenvalue weighted by Gasteiger charge is 2.02. The van der Waals surface area contributed by atoms with E-state index in [1.807, 2.05) is 49.4 Å². The number of hydrogen-bond donors (Lipinski definition) is 2. The molecular weight excluding hydrogens is 298 g/mol. The van der Waals surface area contributed by atoms with Gasteiger partial charge in [-0.3, -0.25) is 0 Å². The molecule has 2 aromatic rings. The maximum Gasteiger partial charge on any atom is 0.407 e. The molecule has 2 rings (SSSR count). The van der Waals surface area contributed by atoms with Crippen molar-refractivity contribution in [2.45, 2.75) is 20.0 Å². The number of carbonyl (C=O) groups excluding carboxylic acids is 1. The van der Waals surface area contributed by atoms with Crippen LogP contribution in [-0.4, -0.2) is 17.6 Å². The van der Waals surface area contributed by atoms with E-state index >= 15 is 0 Å². The van der Waals surface area contributed by atoms with Gasteiger partial charge in [0.15, 0.2) is 5.13 Å². The number of rotatable bonds is 6. The molecule has 1 aromatic heterocycles. The molecule has 0 saturated heterocycles. The predicted octanol–water partition coefficient (Wildman–Crippen LogP) is 3.36. The van der Waals surface area contributed by atoms with Gasteiger partial charge < -0.3 is 15.8 Å². The second kappa shape index (κ2) is 8.19. The SMILES string of the molecule is Cc1nc(N)sc1C=CCCNC(=O)OCc1ccccc1. The van der Waals surface area contributed by atoms with Crippen molar-refractivity contribution in [2.24, 2.45) is 0 Å². The summed E-state index contributed by atoms with van der Waals surface area (Å²) < 4.78 is 5.12. The molecule has 0 fully saturated rings. The van der Waals surface area contributed by atoms with Crippen LogP contribution in [0.4, 0.5) is 9.93 Å². The normalized spacial score (nSPS) is 10.8. The summed E-state index contributed by atoms with van der Waals surface area (Å²) in [4.78, 5) is 16.7. The van der Waals surface area contributed by atoms with E-state index in [2.05, 4.69) is 10.3 Å². The van der Waals surface area contributed by atoms with Crippen molar-refractivity contribution < 1.29 is 9.53 Å². The van der Waals surface area contributed by atoms with Gasteiger partial charge in [-0.05, 0) is 25.0 Å². The third kappa shape index (κ3) is 5.21. The van der Waals surface area contributed by atoms with Gasteiger partial charge in [-0.2, -0.15) is 0 Å². The first kappa shape index (κ1) is 16.0. The van der Waals surface area contributed by atoms with Crippen LogP contribution in [-0.2, 0) is 11.3 Å². The topological polar surface area (TPSA) is 77.2 Å². The number of benzene rings is 1. The van der Waals surface area contributed by atoms with Crippen LogP contribution >= 0.6 is 11.3 Å². The van der Waals surface area contributed by atoms with Gasteiger partial charge in [-0.15, -0.1) is 0 Å². The summed E-state index contributed by atoms with van der Waals surface area (Å²) in [6.45, 7) is 2.73. The van der Waals surface area contributed by atoms with E-state index in [1.54, 1.807) is 0 Å². The van der Waals surface area contributed by atoms with Crippen molar-refractivity contribution in [1.82, 2.24) is 10.3 Å². The number of nitrogens with zero attached hydrogens (tertiary/aromatic N) is 1. The number of aromatic nitrogens is 1. The number of aryl methyl sites for hydroxylation is 1. The summed E-state index contributed by atoms with van der Waals surface area (Å²) in [5, 5.41) is 3.28. The zero-order valence-corrected chi connectivity index (χ0v) is 13.2. The number of nitrogen functional groups attached to an aromatic ring is 1. The average molecular weight is 317 g/mol. The minimum absolute atomic E-state index is 0.280. The van der Waals surface area contributed by atoms with Crippen molar-refractivity contribution in [3.05, 3.63) is 52.5 Å². The third-order valence-electron chi connectivity index (χ3n) is 2.91. The van der Waals surface area contributed by atoms with Gasteiger partial charge >= 0.3 is 6.09 Å². The maximum atomic E-state index is 11.5. The lowest BCUT2D eigenvalue weighted by molar-refractivity contribution is 0.140. The zero-order valence-electron chi connectivity index (χ0n) is 12.4. The van der Waals surface area contributed by atoms with Gasteiger partial charge in [0.2, 0.25) is 0 Å². The standard InChI is InChI=1S/C16H19N3O2S/c1-12-14(22-15(17)19-12)9-5-6-10-18-16(20)21-11-13-7-3-2-4-8-13/h2-5,7-9H,6,10-11H2,1H3,(H2,17,19)(H,18,20). The van der Waals surface area contributed by atoms with Gasteiger partial charge in [0.1, 0.15) is 6.61 Å². The van der Waals surface area contributed by atoms with Crippen molar-refractivity contribution in [3.63, 3.8) is 0 Å². The van der Waals surface area contributed by atoms with E-state index < -0.39 is 6.09 Å². The quantitative estimate of drug-likeness (QED) is 0.801. The van der Waals surface area contributed by atoms with Crippen LogP contribution < -0.4 is 11.1 Å². The van der Waals surface area contributed by atoms with Crippen LogP contribution in [0.3, 0.4) is 0 Å². The van der Waals surface area contributed by atoms with Gasteiger partial charge in [-0.1, -0.05) is 47.7 Å². The minimum atomic E-state index is -0.407. The molecule has 0 atom stereocenters. The van der Waals surface area contributed by atoms with Crippen LogP contribution in [0.5, 0.6) is 0 Å². The Kier molecular flexibility index (Phi) is 5.97. The number of amides is 1. The Morgan fingerprint density at radius 3 is 2.86 bits per heavy atom. The maximum absolute atomic E-state index is 11.5. The summed E-state index contributed by atoms with van der Waals surface area (Å²) in [7, 11) is 0. The van der Waals surface area contributed by atoms with E-state index in [-0.39, 0.29) is 6.61 Å². The molecular formula is C16H19N3O2S. The second-order valence-electron chi connectivity index (χ2n) is 4.68. The molecule has 3 N–H and O–H groups in total. The summed E-state index contributed by atoms with van der Waals surface area (Å²) >= 11 is 1.45. The Morgan fingerprint density at radius 1 is 1.41 bits per heavy atom. The second-order valence-corrected chi connectivity index (χ2v) is 5.74. The minimum Gasteiger partial charge on any atom is -0.445 e. The van der Waals surface area contributed by atoms with Gasteiger partial charge in [0.05, 0.1) is 10.6 Å². The fourth-order valence-corrected chi connectivity index (χ4v) is 2.57. The van der Waals surface area contributed by atoms with Crippen LogP contribution in [0.15, 0.2) is 36.4 Å². The molecule has 5 nitrogen and oxygen atoms in total. The molecule has 1 aromatic carbocycles. The molecule has 0 aliphatic carbocycles. The fourth-order valence-electron chi connectivity index (χ4n) is 1.81. The lowest BCUT2D eigenvalue weighted by atomic mass is 10.2. The van der Waals surface area contributed by atoms with Crippen molar-refractivity contribution in [1.29, 1.82) is 0 Å². The van der Waals surface area contributed by atoms with Gasteiger partial charge in [0.25, 0.3) is 0 Å². The number of anilines is 1. The highest BCUT2D eigenvalue weighted by molar-refractivity contribution is 7.16. The molecule has 22 heavy (non-hydrogen) atoms. The molecule has 6 heteroatoms. The third-order valence-corrected chi connectivity index (χ3v) is 3.86. The lowest BCUT2D eigenvalue weighted by Gasteiger charge is -2.05. The molecule has 0 aliphatic rings. The highest BCUT2D eigenvalue weighted by atomic mass is 32.1. The summed E-state index contributed by atoms with van der Waals surface area (Å²) in [5.41, 5.74) is 7.52. The van der Waals surface area contributed by atoms with Crippen molar-refractivity contribution in [3.8, 4) is 0 Å². The number of nitrogens with two attached hydrogens (primary N) is 1. The predicted molar refractivity (Wildman–Crippen MR) is 89.5 cm³/mol. The van der Waals surface area contributed by atoms with Crippen molar-refractivity contribution >= 4 is 28.6 Å². The average Bonchev–Trinajstić information content (AvgIpc) is 2.84. The van der Waals surface area contributed by atoms with Crippen LogP contribution in [0, 0.1) is 6.92 Å². The smallest absolute Gasteiger partial charge is 0.407 e. The first-order chi connectivity index (χ1) is 10.6. The first-order valence-corrected chi connectivity index (χ1v) is 7.81. The summed E-state index contributed by atoms with van der Waals surface area (Å²) in [5.74, 6) is 0. The van der Waals surface area contributed by atoms with E-state index in [9.17, 15) is 4.79 Å². The first-order valence-electron chi connectivity index (χ1n) is 6.99. The molecule has 0 unspecified atom stereocenters. The fraction of sp³-hybridized carbons (Fsp3) is 0.250. The molecule has 0 radical (unpaired) electrons. The van der Waals surface area contributed by atoms with E-state index in [0.717, 1.165) is 22.6 Å². The van der Waals surface area contributed by atoms with Gasteiger partial charge in [0, 0.05) is 6.54 Å². The Balaban J connectivity index is 1.64. The molecule has 116 valence electrons. The Hall–Kier alpha value is -2.34. The number of ether oxygens (including phenoxy) is 1. The number of alkyl carbamates (subject to hydrolysis) is 1. The molecule has 0 spiro atoms. The molecule has 0 aliphatic heterocycles. The number of carbonyl (C=O) groups is 1. The molecule has 1 amide bonds. The Morgan fingerprint density at radius 2 is 2.18 bits per heavy atom. The Labute approximate surface area is 133 Å². The monoisotopic (exact) mass is 317 g/mol. The highest BCUT2D eigenvalue weighted by Crippen LogP contribution is 2.20. The molecule has 0 saturated carbocycles. The van der Waals surface area contributed by atoms with Crippen molar-refractivity contribution in [2.75, 3.05) is 12.3 Å². The number of nitrogens with one attached hydrogen (secondary N) is 1. The van der Waals surface area contributed by atoms with E-state index in [0.29, 0.717) is 11.7 Å². The number of hydrogen-bond acceptors (Lipinski definition) is 5. The number of thiazole rings is 1. The van der Waals surface area contributed by atoms with E-state index in [4.69, 9.17) is 10.5 Å². The Bertz CT molecular complexity index is 638. The van der Waals surface area contributed by atoms with Gasteiger partial charge in [-0.25, -0.2) is 9.78 Å². The summed E-state index contributed by atoms with van der Waals surface area (Å²) in [6, 6.07) is 9.58. The summed E-state index contributed by atoms with van der Waals surface area (Å²) in [6.07, 6.45) is 4.27. The van der Waals surface area contributed by atoms with Crippen LogP contribution in [0.25, 0.3) is 6.08 Å². The zero-order chi connectivity index (χ0) is 15.8.